The van der Waals surface area contributed by atoms with Crippen molar-refractivity contribution in [3.05, 3.63) is 167 Å². The molecule has 6 amide bonds. The zero-order chi connectivity index (χ0) is 64.2. The lowest BCUT2D eigenvalue weighted by molar-refractivity contribution is -0.163. The zero-order valence-electron chi connectivity index (χ0n) is 51.6. The molecule has 474 valence electrons. The number of piperidine rings is 1. The summed E-state index contributed by atoms with van der Waals surface area (Å²) in [6, 6.07) is 28.3. The molecule has 5 atom stereocenters. The molecule has 1 fully saturated rings. The topological polar surface area (TPSA) is 240 Å². The second-order valence-electron chi connectivity index (χ2n) is 23.3. The molecular formula is C68H81FN6O14. The number of carbonyl (C=O) groups is 8. The molecule has 5 aromatic rings. The Morgan fingerprint density at radius 3 is 1.97 bits per heavy atom. The van der Waals surface area contributed by atoms with Crippen molar-refractivity contribution in [2.75, 3.05) is 68.2 Å². The van der Waals surface area contributed by atoms with Gasteiger partial charge in [0.2, 0.25) is 29.5 Å². The largest absolute Gasteiger partial charge is 0.508 e. The van der Waals surface area contributed by atoms with Crippen LogP contribution in [0.2, 0.25) is 0 Å². The minimum absolute atomic E-state index is 0.0301. The number of benzene rings is 5. The molecule has 0 spiro atoms. The number of nitrogens with zero attached hydrogens (tertiary/aromatic N) is 4. The van der Waals surface area contributed by atoms with Gasteiger partial charge in [-0.25, -0.2) is 14.0 Å². The maximum Gasteiger partial charge on any atom is 0.330 e. The second kappa shape index (κ2) is 32.1. The van der Waals surface area contributed by atoms with Crippen molar-refractivity contribution in [1.82, 2.24) is 30.2 Å². The number of cyclic esters (lactones) is 2. The third-order valence-corrected chi connectivity index (χ3v) is 15.7. The lowest BCUT2D eigenvalue weighted by Crippen LogP contribution is -2.57. The number of aromatic hydroxyl groups is 1. The average molecular weight is 1230 g/mol. The minimum atomic E-state index is -1.31. The van der Waals surface area contributed by atoms with Gasteiger partial charge >= 0.3 is 11.9 Å². The summed E-state index contributed by atoms with van der Waals surface area (Å²) in [6.45, 7) is 2.56. The highest BCUT2D eigenvalue weighted by Crippen LogP contribution is 2.34. The van der Waals surface area contributed by atoms with Gasteiger partial charge in [-0.1, -0.05) is 98.8 Å². The lowest BCUT2D eigenvalue weighted by atomic mass is 9.88. The number of methoxy groups -OCH3 is 2. The first-order valence-electron chi connectivity index (χ1n) is 29.8. The lowest BCUT2D eigenvalue weighted by Gasteiger charge is -2.37. The number of halogens is 1. The molecule has 0 aromatic heterocycles. The van der Waals surface area contributed by atoms with Crippen molar-refractivity contribution in [1.29, 1.82) is 0 Å². The molecule has 2 aliphatic rings. The summed E-state index contributed by atoms with van der Waals surface area (Å²) in [6.07, 6.45) is 3.73. The molecule has 89 heavy (non-hydrogen) atoms. The predicted molar refractivity (Wildman–Crippen MR) is 329 cm³/mol. The molecule has 2 bridgehead atoms. The minimum Gasteiger partial charge on any atom is -0.508 e. The van der Waals surface area contributed by atoms with Gasteiger partial charge in [0, 0.05) is 77.5 Å². The van der Waals surface area contributed by atoms with Crippen LogP contribution in [0.5, 0.6) is 23.0 Å². The average Bonchev–Trinajstić information content (AvgIpc) is 3.72. The third-order valence-electron chi connectivity index (χ3n) is 15.7. The van der Waals surface area contributed by atoms with Gasteiger partial charge in [-0.2, -0.15) is 0 Å². The molecule has 1 saturated heterocycles. The Balaban J connectivity index is 1.22. The molecule has 20 nitrogen and oxygen atoms in total. The molecule has 2 aliphatic heterocycles. The van der Waals surface area contributed by atoms with Crippen LogP contribution in [0.15, 0.2) is 133 Å². The first kappa shape index (κ1) is 67.2. The highest BCUT2D eigenvalue weighted by Gasteiger charge is 2.38. The van der Waals surface area contributed by atoms with E-state index < -0.39 is 96.1 Å². The Bertz CT molecular complexity index is 3290. The van der Waals surface area contributed by atoms with Gasteiger partial charge in [-0.05, 0) is 103 Å². The number of nitrogens with one attached hydrogen (secondary N) is 2. The Hall–Kier alpha value is -9.27. The Kier molecular flexibility index (Phi) is 24.3. The molecule has 5 aromatic carbocycles. The standard InChI is InChI=1S/C68H81FN6O14/c1-68(2)41-61(78)75-33-17-14-22-55(75)67(84)89-57(30-26-48-27-31-58(85-6)59(37-48)86-7)49-38-50(69)40-52(39-49)87-43-62(79)74(5)56(36-47-24-28-51(76)29-25-47)64(81)71-54(35-46-20-12-9-13-21-46)66(83)73(4)42-60(77)70-53(34-45-18-10-8-11-19-45)65(82)72(3)32-16-15-23-63(80)88-44-68/h8-13,15,18-21,23-25,27-29,31,37-40,53-57,76H,14,16-17,22,26,30,32-36,41-44H2,1-7H3,(H,70,77)(H,71,81)/t53-,54-,55+,56+,57-/m1/s1. The Morgan fingerprint density at radius 2 is 1.30 bits per heavy atom. The van der Waals surface area contributed by atoms with E-state index in [0.29, 0.717) is 41.9 Å². The van der Waals surface area contributed by atoms with Crippen LogP contribution in [0.3, 0.4) is 0 Å². The third kappa shape index (κ3) is 19.9. The van der Waals surface area contributed by atoms with Crippen LogP contribution < -0.4 is 24.8 Å². The van der Waals surface area contributed by atoms with Crippen molar-refractivity contribution in [2.24, 2.45) is 5.41 Å². The smallest absolute Gasteiger partial charge is 0.330 e. The summed E-state index contributed by atoms with van der Waals surface area (Å²) in [5.41, 5.74) is 2.04. The van der Waals surface area contributed by atoms with Crippen LogP contribution >= 0.6 is 0 Å². The van der Waals surface area contributed by atoms with Gasteiger partial charge < -0.3 is 59.0 Å². The van der Waals surface area contributed by atoms with E-state index in [1.54, 1.807) is 93.7 Å². The number of amides is 6. The summed E-state index contributed by atoms with van der Waals surface area (Å²) < 4.78 is 44.9. The zero-order valence-corrected chi connectivity index (χ0v) is 51.6. The van der Waals surface area contributed by atoms with E-state index in [0.717, 1.165) is 27.0 Å². The summed E-state index contributed by atoms with van der Waals surface area (Å²) in [5, 5.41) is 15.8. The number of hydrogen-bond acceptors (Lipinski definition) is 14. The number of esters is 2. The summed E-state index contributed by atoms with van der Waals surface area (Å²) in [5.74, 6) is -4.97. The fraction of sp³-hybridized carbons (Fsp3) is 0.412. The monoisotopic (exact) mass is 1220 g/mol. The molecule has 2 heterocycles. The molecule has 0 unspecified atom stereocenters. The molecule has 7 rings (SSSR count). The van der Waals surface area contributed by atoms with E-state index in [2.05, 4.69) is 10.6 Å². The van der Waals surface area contributed by atoms with Crippen LogP contribution in [0.1, 0.15) is 86.3 Å². The number of ether oxygens (including phenoxy) is 5. The molecular weight excluding hydrogens is 1140 g/mol. The maximum absolute atomic E-state index is 16.0. The summed E-state index contributed by atoms with van der Waals surface area (Å²) >= 11 is 0. The number of aryl methyl sites for hydroxylation is 1. The summed E-state index contributed by atoms with van der Waals surface area (Å²) in [7, 11) is 7.36. The second-order valence-corrected chi connectivity index (χ2v) is 23.3. The first-order chi connectivity index (χ1) is 42.6. The molecule has 21 heteroatoms. The van der Waals surface area contributed by atoms with Crippen molar-refractivity contribution in [3.63, 3.8) is 0 Å². The summed E-state index contributed by atoms with van der Waals surface area (Å²) in [4.78, 5) is 119. The fourth-order valence-corrected chi connectivity index (χ4v) is 10.7. The van der Waals surface area contributed by atoms with Crippen LogP contribution in [0.25, 0.3) is 0 Å². The SMILES string of the molecule is COc1ccc(CC[C@H]2OC(=O)[C@@H]3CCCCN3C(=O)CC(C)(C)COC(=O)C=CCCN(C)C(=O)[C@@H](Cc3ccccc3)NC(=O)CN(C)C(=O)[C@@H](Cc3ccccc3)NC(=O)[C@H](Cc3ccc(O)cc3)N(C)C(=O)COc3cc(F)cc2c3)cc1OC. The highest BCUT2D eigenvalue weighted by atomic mass is 19.1. The number of likely N-dealkylation sites (N-methyl/N-ethyl adjacent to an activating group) is 3. The van der Waals surface area contributed by atoms with Gasteiger partial charge in [0.1, 0.15) is 47.6 Å². The van der Waals surface area contributed by atoms with Gasteiger partial charge in [0.25, 0.3) is 5.91 Å². The van der Waals surface area contributed by atoms with Crippen LogP contribution in [-0.4, -0.2) is 164 Å². The van der Waals surface area contributed by atoms with E-state index in [4.69, 9.17) is 23.7 Å². The predicted octanol–water partition coefficient (Wildman–Crippen LogP) is 6.89. The van der Waals surface area contributed by atoms with Gasteiger partial charge in [-0.15, -0.1) is 0 Å². The number of carbonyl (C=O) groups excluding carboxylic acids is 8. The van der Waals surface area contributed by atoms with E-state index in [-0.39, 0.29) is 87.6 Å². The van der Waals surface area contributed by atoms with Gasteiger partial charge in [0.05, 0.1) is 27.4 Å². The van der Waals surface area contributed by atoms with Crippen molar-refractivity contribution >= 4 is 47.4 Å². The fourth-order valence-electron chi connectivity index (χ4n) is 10.7. The first-order valence-corrected chi connectivity index (χ1v) is 29.8. The number of fused-ring (bicyclic) bond motifs is 3. The van der Waals surface area contributed by atoms with Crippen LogP contribution in [0.4, 0.5) is 4.39 Å². The maximum atomic E-state index is 16.0. The number of phenolic OH excluding ortho intramolecular Hbond substituents is 1. The molecule has 0 saturated carbocycles. The van der Waals surface area contributed by atoms with Crippen molar-refractivity contribution < 1.29 is 71.5 Å². The van der Waals surface area contributed by atoms with E-state index in [1.807, 2.05) is 24.3 Å². The number of rotatable bonds is 11. The van der Waals surface area contributed by atoms with Gasteiger partial charge in [-0.3, -0.25) is 28.8 Å². The van der Waals surface area contributed by atoms with Crippen molar-refractivity contribution in [2.45, 2.75) is 108 Å². The highest BCUT2D eigenvalue weighted by molar-refractivity contribution is 5.95. The number of hydrogen-bond donors (Lipinski definition) is 3. The van der Waals surface area contributed by atoms with Crippen molar-refractivity contribution in [3.8, 4) is 23.0 Å². The Labute approximate surface area is 519 Å². The van der Waals surface area contributed by atoms with E-state index in [1.165, 1.54) is 68.5 Å². The Morgan fingerprint density at radius 1 is 0.674 bits per heavy atom. The normalized spacial score (nSPS) is 21.1. The van der Waals surface area contributed by atoms with Gasteiger partial charge in [0.15, 0.2) is 18.1 Å². The number of phenols is 1. The molecule has 3 N–H and O–H groups in total. The van der Waals surface area contributed by atoms with Crippen LogP contribution in [-0.2, 0) is 73.5 Å². The quantitative estimate of drug-likeness (QED) is 0.114. The molecule has 0 aliphatic carbocycles. The van der Waals surface area contributed by atoms with Crippen LogP contribution in [0, 0.1) is 11.2 Å². The van der Waals surface area contributed by atoms with E-state index >= 15 is 4.39 Å². The van der Waals surface area contributed by atoms with E-state index in [9.17, 15) is 43.5 Å². The molecule has 0 radical (unpaired) electrons.